The van der Waals surface area contributed by atoms with Gasteiger partial charge in [0.25, 0.3) is 5.91 Å². The maximum Gasteiger partial charge on any atom is 0.260 e. The lowest BCUT2D eigenvalue weighted by Crippen LogP contribution is -2.50. The Kier molecular flexibility index (Phi) is 5.48. The van der Waals surface area contributed by atoms with Gasteiger partial charge in [-0.25, -0.2) is 0 Å². The lowest BCUT2D eigenvalue weighted by molar-refractivity contribution is -0.135. The van der Waals surface area contributed by atoms with Crippen LogP contribution in [-0.2, 0) is 11.3 Å². The molecule has 0 radical (unpaired) electrons. The van der Waals surface area contributed by atoms with E-state index in [9.17, 15) is 4.79 Å². The fourth-order valence-electron chi connectivity index (χ4n) is 2.85. The number of aryl methyl sites for hydroxylation is 1. The van der Waals surface area contributed by atoms with Crippen LogP contribution in [0.4, 0.5) is 0 Å². The molecule has 128 valence electrons. The lowest BCUT2D eigenvalue weighted by atomic mass is 10.2. The third-order valence-corrected chi connectivity index (χ3v) is 4.37. The number of aromatic nitrogens is 2. The Morgan fingerprint density at radius 2 is 1.92 bits per heavy atom. The molecule has 2 aromatic rings. The van der Waals surface area contributed by atoms with Gasteiger partial charge >= 0.3 is 0 Å². The predicted octanol–water partition coefficient (Wildman–Crippen LogP) is 1.41. The fraction of sp³-hybridized carbons (Fsp3) is 0.444. The van der Waals surface area contributed by atoms with Gasteiger partial charge in [-0.3, -0.25) is 14.4 Å². The number of nitrogens with zero attached hydrogens (tertiary/aromatic N) is 4. The van der Waals surface area contributed by atoms with Crippen LogP contribution in [0.2, 0.25) is 0 Å². The number of carbonyl (C=O) groups excluding carboxylic acids is 1. The molecular formula is C18H24N4O2. The van der Waals surface area contributed by atoms with Gasteiger partial charge in [0.1, 0.15) is 5.75 Å². The van der Waals surface area contributed by atoms with Crippen molar-refractivity contribution in [3.8, 4) is 5.75 Å². The number of ether oxygens (including phenoxy) is 1. The molecule has 0 bridgehead atoms. The Bertz CT molecular complexity index is 649. The summed E-state index contributed by atoms with van der Waals surface area (Å²) in [5.41, 5.74) is 1.05. The topological polar surface area (TPSA) is 50.6 Å². The predicted molar refractivity (Wildman–Crippen MR) is 91.9 cm³/mol. The monoisotopic (exact) mass is 328 g/mol. The molecule has 0 N–H and O–H groups in total. The zero-order valence-corrected chi connectivity index (χ0v) is 14.1. The van der Waals surface area contributed by atoms with Crippen molar-refractivity contribution in [2.24, 2.45) is 0 Å². The molecule has 1 aliphatic heterocycles. The van der Waals surface area contributed by atoms with Crippen LogP contribution in [0.1, 0.15) is 5.56 Å². The molecule has 3 rings (SSSR count). The van der Waals surface area contributed by atoms with E-state index in [0.717, 1.165) is 50.6 Å². The average molecular weight is 328 g/mol. The van der Waals surface area contributed by atoms with E-state index in [1.807, 2.05) is 53.0 Å². The van der Waals surface area contributed by atoms with Crippen molar-refractivity contribution in [1.82, 2.24) is 19.6 Å². The summed E-state index contributed by atoms with van der Waals surface area (Å²) in [5.74, 6) is 0.841. The molecule has 6 heteroatoms. The molecule has 1 fully saturated rings. The molecule has 1 saturated heterocycles. The first kappa shape index (κ1) is 16.5. The van der Waals surface area contributed by atoms with Gasteiger partial charge in [0.15, 0.2) is 6.61 Å². The first-order valence-electron chi connectivity index (χ1n) is 8.38. The standard InChI is InChI=1S/C18H24N4O2/c1-16-5-2-3-6-17(16)24-15-18(23)21-12-9-20(10-13-21)11-14-22-8-4-7-19-22/h2-8H,9-15H2,1H3. The second kappa shape index (κ2) is 7.97. The van der Waals surface area contributed by atoms with Gasteiger partial charge in [0, 0.05) is 45.1 Å². The fourth-order valence-corrected chi connectivity index (χ4v) is 2.85. The molecule has 1 amide bonds. The van der Waals surface area contributed by atoms with Crippen molar-refractivity contribution in [2.45, 2.75) is 13.5 Å². The molecule has 2 heterocycles. The van der Waals surface area contributed by atoms with Crippen LogP contribution in [-0.4, -0.2) is 64.8 Å². The number of amides is 1. The third-order valence-electron chi connectivity index (χ3n) is 4.37. The van der Waals surface area contributed by atoms with Crippen molar-refractivity contribution in [1.29, 1.82) is 0 Å². The van der Waals surface area contributed by atoms with Crippen LogP contribution in [0.15, 0.2) is 42.7 Å². The Balaban J connectivity index is 1.39. The summed E-state index contributed by atoms with van der Waals surface area (Å²) in [6, 6.07) is 9.71. The summed E-state index contributed by atoms with van der Waals surface area (Å²) in [6.07, 6.45) is 3.77. The van der Waals surface area contributed by atoms with Crippen LogP contribution in [0.5, 0.6) is 5.75 Å². The Hall–Kier alpha value is -2.34. The molecule has 24 heavy (non-hydrogen) atoms. The lowest BCUT2D eigenvalue weighted by Gasteiger charge is -2.34. The summed E-state index contributed by atoms with van der Waals surface area (Å²) >= 11 is 0. The van der Waals surface area contributed by atoms with Gasteiger partial charge < -0.3 is 9.64 Å². The average Bonchev–Trinajstić information content (AvgIpc) is 3.13. The van der Waals surface area contributed by atoms with Gasteiger partial charge in [0.05, 0.1) is 6.54 Å². The smallest absolute Gasteiger partial charge is 0.260 e. The van der Waals surface area contributed by atoms with Gasteiger partial charge in [-0.1, -0.05) is 18.2 Å². The van der Waals surface area contributed by atoms with E-state index in [0.29, 0.717) is 0 Å². The second-order valence-electron chi connectivity index (χ2n) is 6.05. The van der Waals surface area contributed by atoms with E-state index in [1.165, 1.54) is 0 Å². The van der Waals surface area contributed by atoms with Crippen molar-refractivity contribution in [3.05, 3.63) is 48.3 Å². The summed E-state index contributed by atoms with van der Waals surface area (Å²) in [7, 11) is 0. The van der Waals surface area contributed by atoms with Crippen molar-refractivity contribution in [3.63, 3.8) is 0 Å². The molecule has 1 aromatic heterocycles. The minimum Gasteiger partial charge on any atom is -0.484 e. The molecule has 0 unspecified atom stereocenters. The molecule has 1 aromatic carbocycles. The van der Waals surface area contributed by atoms with Crippen LogP contribution in [0.3, 0.4) is 0 Å². The Labute approximate surface area is 142 Å². The van der Waals surface area contributed by atoms with Gasteiger partial charge in [-0.15, -0.1) is 0 Å². The number of hydrogen-bond donors (Lipinski definition) is 0. The van der Waals surface area contributed by atoms with Gasteiger partial charge in [0.2, 0.25) is 0 Å². The van der Waals surface area contributed by atoms with Gasteiger partial charge in [-0.2, -0.15) is 5.10 Å². The van der Waals surface area contributed by atoms with Crippen LogP contribution < -0.4 is 4.74 Å². The number of para-hydroxylation sites is 1. The number of hydrogen-bond acceptors (Lipinski definition) is 4. The number of rotatable bonds is 6. The maximum atomic E-state index is 12.3. The first-order chi connectivity index (χ1) is 11.7. The summed E-state index contributed by atoms with van der Waals surface area (Å²) in [5, 5.41) is 4.21. The largest absolute Gasteiger partial charge is 0.484 e. The SMILES string of the molecule is Cc1ccccc1OCC(=O)N1CCN(CCn2cccn2)CC1. The van der Waals surface area contributed by atoms with Crippen molar-refractivity contribution >= 4 is 5.91 Å². The molecule has 0 saturated carbocycles. The quantitative estimate of drug-likeness (QED) is 0.805. The highest BCUT2D eigenvalue weighted by Gasteiger charge is 2.21. The summed E-state index contributed by atoms with van der Waals surface area (Å²) in [4.78, 5) is 16.6. The first-order valence-corrected chi connectivity index (χ1v) is 8.38. The van der Waals surface area contributed by atoms with E-state index < -0.39 is 0 Å². The Morgan fingerprint density at radius 1 is 1.12 bits per heavy atom. The van der Waals surface area contributed by atoms with E-state index in [1.54, 1.807) is 6.20 Å². The molecular weight excluding hydrogens is 304 g/mol. The summed E-state index contributed by atoms with van der Waals surface area (Å²) < 4.78 is 7.60. The maximum absolute atomic E-state index is 12.3. The highest BCUT2D eigenvalue weighted by molar-refractivity contribution is 5.78. The molecule has 0 atom stereocenters. The van der Waals surface area contributed by atoms with E-state index >= 15 is 0 Å². The highest BCUT2D eigenvalue weighted by atomic mass is 16.5. The minimum absolute atomic E-state index is 0.0602. The van der Waals surface area contributed by atoms with Crippen molar-refractivity contribution < 1.29 is 9.53 Å². The second-order valence-corrected chi connectivity index (χ2v) is 6.05. The van der Waals surface area contributed by atoms with Crippen molar-refractivity contribution in [2.75, 3.05) is 39.3 Å². The molecule has 0 spiro atoms. The third kappa shape index (κ3) is 4.35. The Morgan fingerprint density at radius 3 is 2.62 bits per heavy atom. The van der Waals surface area contributed by atoms with Crippen LogP contribution in [0.25, 0.3) is 0 Å². The minimum atomic E-state index is 0.0602. The number of carbonyl (C=O) groups is 1. The number of benzene rings is 1. The van der Waals surface area contributed by atoms with E-state index in [4.69, 9.17) is 4.74 Å². The zero-order valence-electron chi connectivity index (χ0n) is 14.1. The summed E-state index contributed by atoms with van der Waals surface area (Å²) in [6.45, 7) is 7.26. The normalized spacial score (nSPS) is 15.5. The van der Waals surface area contributed by atoms with Gasteiger partial charge in [-0.05, 0) is 24.6 Å². The van der Waals surface area contributed by atoms with Crippen LogP contribution in [0, 0.1) is 6.92 Å². The zero-order chi connectivity index (χ0) is 16.8. The van der Waals surface area contributed by atoms with E-state index in [2.05, 4.69) is 10.00 Å². The molecule has 1 aliphatic rings. The van der Waals surface area contributed by atoms with Crippen LogP contribution >= 0.6 is 0 Å². The number of piperazine rings is 1. The van der Waals surface area contributed by atoms with E-state index in [-0.39, 0.29) is 12.5 Å². The molecule has 0 aliphatic carbocycles. The molecule has 6 nitrogen and oxygen atoms in total. The highest BCUT2D eigenvalue weighted by Crippen LogP contribution is 2.16.